The molecule has 0 aliphatic heterocycles. The predicted octanol–water partition coefficient (Wildman–Crippen LogP) is 7.24. The average Bonchev–Trinajstić information content (AvgIpc) is 2.82. The third-order valence-corrected chi connectivity index (χ3v) is 5.46. The van der Waals surface area contributed by atoms with E-state index >= 15 is 0 Å². The largest absolute Gasteiger partial charge is 0.322 e. The van der Waals surface area contributed by atoms with Gasteiger partial charge in [-0.2, -0.15) is 0 Å². The van der Waals surface area contributed by atoms with Crippen molar-refractivity contribution >= 4 is 35.3 Å². The van der Waals surface area contributed by atoms with Crippen molar-refractivity contribution in [1.82, 2.24) is 0 Å². The third kappa shape index (κ3) is 7.59. The number of benzene rings is 3. The second-order valence-electron chi connectivity index (χ2n) is 8.87. The molecule has 0 radical (unpaired) electrons. The maximum atomic E-state index is 12.3. The second kappa shape index (κ2) is 11.8. The van der Waals surface area contributed by atoms with Crippen molar-refractivity contribution in [2.75, 3.05) is 10.6 Å². The molecular weight excluding hydrogens is 420 g/mol. The molecule has 0 aromatic heterocycles. The Labute approximate surface area is 202 Å². The highest BCUT2D eigenvalue weighted by Gasteiger charge is 2.03. The van der Waals surface area contributed by atoms with E-state index in [1.54, 1.807) is 36.4 Å². The van der Waals surface area contributed by atoms with Crippen LogP contribution in [0.2, 0.25) is 0 Å². The average molecular weight is 453 g/mol. The zero-order chi connectivity index (χ0) is 24.5. The summed E-state index contributed by atoms with van der Waals surface area (Å²) in [6.07, 6.45) is 6.57. The quantitative estimate of drug-likeness (QED) is 0.354. The van der Waals surface area contributed by atoms with E-state index in [2.05, 4.69) is 62.6 Å². The second-order valence-corrected chi connectivity index (χ2v) is 8.87. The molecule has 0 heterocycles. The zero-order valence-corrected chi connectivity index (χ0v) is 20.2. The topological polar surface area (TPSA) is 58.2 Å². The lowest BCUT2D eigenvalue weighted by Crippen LogP contribution is -2.10. The molecular formula is C30H32N2O2. The van der Waals surface area contributed by atoms with Gasteiger partial charge >= 0.3 is 0 Å². The Morgan fingerprint density at radius 3 is 1.35 bits per heavy atom. The van der Waals surface area contributed by atoms with Crippen molar-refractivity contribution < 1.29 is 9.59 Å². The summed E-state index contributed by atoms with van der Waals surface area (Å²) in [6, 6.07) is 23.4. The van der Waals surface area contributed by atoms with Gasteiger partial charge in [0.1, 0.15) is 0 Å². The fourth-order valence-electron chi connectivity index (χ4n) is 3.37. The van der Waals surface area contributed by atoms with Gasteiger partial charge in [-0.25, -0.2) is 0 Å². The minimum absolute atomic E-state index is 0.235. The predicted molar refractivity (Wildman–Crippen MR) is 143 cm³/mol. The summed E-state index contributed by atoms with van der Waals surface area (Å²) in [5, 5.41) is 5.67. The van der Waals surface area contributed by atoms with Gasteiger partial charge in [0.15, 0.2) is 0 Å². The van der Waals surface area contributed by atoms with Crippen LogP contribution in [-0.4, -0.2) is 11.8 Å². The van der Waals surface area contributed by atoms with E-state index in [-0.39, 0.29) is 11.8 Å². The first kappa shape index (κ1) is 24.7. The van der Waals surface area contributed by atoms with Gasteiger partial charge in [-0.15, -0.1) is 0 Å². The molecule has 2 N–H and O–H groups in total. The lowest BCUT2D eigenvalue weighted by molar-refractivity contribution is -0.112. The van der Waals surface area contributed by atoms with E-state index in [9.17, 15) is 9.59 Å². The van der Waals surface area contributed by atoms with Crippen LogP contribution in [0.4, 0.5) is 11.4 Å². The number of carbonyl (C=O) groups excluding carboxylic acids is 2. The summed E-state index contributed by atoms with van der Waals surface area (Å²) in [7, 11) is 0. The van der Waals surface area contributed by atoms with Crippen LogP contribution in [0.1, 0.15) is 61.8 Å². The van der Waals surface area contributed by atoms with Crippen molar-refractivity contribution in [3.8, 4) is 0 Å². The summed E-state index contributed by atoms with van der Waals surface area (Å²) in [4.78, 5) is 24.6. The van der Waals surface area contributed by atoms with Gasteiger partial charge in [0, 0.05) is 23.5 Å². The van der Waals surface area contributed by atoms with Crippen molar-refractivity contribution in [2.45, 2.75) is 39.5 Å². The monoisotopic (exact) mass is 452 g/mol. The summed E-state index contributed by atoms with van der Waals surface area (Å²) in [6.45, 7) is 8.60. The smallest absolute Gasteiger partial charge is 0.248 e. The van der Waals surface area contributed by atoms with Gasteiger partial charge in [0.2, 0.25) is 11.8 Å². The lowest BCUT2D eigenvalue weighted by Gasteiger charge is -2.07. The minimum Gasteiger partial charge on any atom is -0.322 e. The van der Waals surface area contributed by atoms with Crippen molar-refractivity contribution in [3.05, 3.63) is 107 Å². The molecule has 0 fully saturated rings. The summed E-state index contributed by atoms with van der Waals surface area (Å²) >= 11 is 0. The Kier molecular flexibility index (Phi) is 8.58. The molecule has 2 amide bonds. The fraction of sp³-hybridized carbons (Fsp3) is 0.200. The van der Waals surface area contributed by atoms with Gasteiger partial charge in [-0.1, -0.05) is 82.3 Å². The Bertz CT molecular complexity index is 1080. The maximum absolute atomic E-state index is 12.3. The maximum Gasteiger partial charge on any atom is 0.248 e. The first-order chi connectivity index (χ1) is 16.3. The summed E-state index contributed by atoms with van der Waals surface area (Å²) in [5.74, 6) is 0.476. The molecule has 3 aromatic rings. The van der Waals surface area contributed by atoms with E-state index in [1.807, 2.05) is 24.3 Å². The number of amides is 2. The highest BCUT2D eigenvalue weighted by molar-refractivity contribution is 6.04. The number of hydrogen-bond acceptors (Lipinski definition) is 2. The first-order valence-corrected chi connectivity index (χ1v) is 11.6. The van der Waals surface area contributed by atoms with Gasteiger partial charge < -0.3 is 10.6 Å². The van der Waals surface area contributed by atoms with E-state index in [0.29, 0.717) is 23.2 Å². The van der Waals surface area contributed by atoms with E-state index < -0.39 is 0 Å². The van der Waals surface area contributed by atoms with E-state index in [4.69, 9.17) is 0 Å². The molecule has 0 atom stereocenters. The molecule has 174 valence electrons. The van der Waals surface area contributed by atoms with Crippen LogP contribution >= 0.6 is 0 Å². The molecule has 0 unspecified atom stereocenters. The fourth-order valence-corrected chi connectivity index (χ4v) is 3.37. The van der Waals surface area contributed by atoms with Gasteiger partial charge in [-0.3, -0.25) is 9.59 Å². The molecule has 0 aliphatic rings. The SMILES string of the molecule is CC(C)c1ccc(C=CC(=O)Nc2cccc(NC(=O)C=Cc3ccc(C(C)C)cc3)c2)cc1. The number of nitrogens with one attached hydrogen (secondary N) is 2. The van der Waals surface area contributed by atoms with Crippen molar-refractivity contribution in [3.63, 3.8) is 0 Å². The van der Waals surface area contributed by atoms with Crippen LogP contribution in [0.5, 0.6) is 0 Å². The number of anilines is 2. The first-order valence-electron chi connectivity index (χ1n) is 11.6. The van der Waals surface area contributed by atoms with Crippen LogP contribution in [0, 0.1) is 0 Å². The Hall–Kier alpha value is -3.92. The van der Waals surface area contributed by atoms with Gasteiger partial charge in [0.25, 0.3) is 0 Å². The van der Waals surface area contributed by atoms with Crippen LogP contribution < -0.4 is 10.6 Å². The molecule has 0 bridgehead atoms. The molecule has 34 heavy (non-hydrogen) atoms. The highest BCUT2D eigenvalue weighted by atomic mass is 16.2. The number of carbonyl (C=O) groups is 2. The molecule has 4 heteroatoms. The Morgan fingerprint density at radius 1 is 0.618 bits per heavy atom. The van der Waals surface area contributed by atoms with Gasteiger partial charge in [-0.05, 0) is 64.4 Å². The van der Waals surface area contributed by atoms with E-state index in [1.165, 1.54) is 23.3 Å². The van der Waals surface area contributed by atoms with Crippen LogP contribution in [0.15, 0.2) is 84.9 Å². The molecule has 0 saturated heterocycles. The zero-order valence-electron chi connectivity index (χ0n) is 20.2. The normalized spacial score (nSPS) is 11.5. The highest BCUT2D eigenvalue weighted by Crippen LogP contribution is 2.18. The lowest BCUT2D eigenvalue weighted by atomic mass is 10.0. The molecule has 0 saturated carbocycles. The number of rotatable bonds is 8. The van der Waals surface area contributed by atoms with Gasteiger partial charge in [0.05, 0.1) is 0 Å². The Morgan fingerprint density at radius 2 is 1.00 bits per heavy atom. The third-order valence-electron chi connectivity index (χ3n) is 5.46. The number of hydrogen-bond donors (Lipinski definition) is 2. The minimum atomic E-state index is -0.235. The van der Waals surface area contributed by atoms with E-state index in [0.717, 1.165) is 11.1 Å². The van der Waals surface area contributed by atoms with Crippen LogP contribution in [0.3, 0.4) is 0 Å². The molecule has 0 spiro atoms. The molecule has 4 nitrogen and oxygen atoms in total. The summed E-state index contributed by atoms with van der Waals surface area (Å²) < 4.78 is 0. The summed E-state index contributed by atoms with van der Waals surface area (Å²) in [5.41, 5.74) is 5.67. The molecule has 3 aromatic carbocycles. The van der Waals surface area contributed by atoms with Crippen molar-refractivity contribution in [1.29, 1.82) is 0 Å². The molecule has 3 rings (SSSR count). The standard InChI is InChI=1S/C30H32N2O2/c1-21(2)25-14-8-23(9-15-25)12-18-29(33)31-27-6-5-7-28(20-27)32-30(34)19-13-24-10-16-26(17-11-24)22(3)4/h5-22H,1-4H3,(H,31,33)(H,32,34). The van der Waals surface area contributed by atoms with Crippen molar-refractivity contribution in [2.24, 2.45) is 0 Å². The van der Waals surface area contributed by atoms with Crippen LogP contribution in [-0.2, 0) is 9.59 Å². The molecule has 0 aliphatic carbocycles. The Balaban J connectivity index is 1.55. The van der Waals surface area contributed by atoms with Crippen LogP contribution in [0.25, 0.3) is 12.2 Å².